The summed E-state index contributed by atoms with van der Waals surface area (Å²) in [6, 6.07) is 8.82. The van der Waals surface area contributed by atoms with Crippen LogP contribution >= 0.6 is 0 Å². The minimum absolute atomic E-state index is 0.0176. The van der Waals surface area contributed by atoms with Gasteiger partial charge < -0.3 is 9.52 Å². The summed E-state index contributed by atoms with van der Waals surface area (Å²) in [7, 11) is -3.63. The van der Waals surface area contributed by atoms with Crippen molar-refractivity contribution in [2.45, 2.75) is 11.4 Å². The molecule has 0 radical (unpaired) electrons. The maximum Gasteiger partial charge on any atom is 0.241 e. The molecule has 0 saturated heterocycles. The lowest BCUT2D eigenvalue weighted by Crippen LogP contribution is -2.22. The van der Waals surface area contributed by atoms with E-state index in [0.717, 1.165) is 0 Å². The van der Waals surface area contributed by atoms with Crippen molar-refractivity contribution in [2.75, 3.05) is 0 Å². The van der Waals surface area contributed by atoms with Gasteiger partial charge in [-0.25, -0.2) is 13.1 Å². The second-order valence-corrected chi connectivity index (χ2v) is 5.17. The Morgan fingerprint density at radius 2 is 2.06 bits per heavy atom. The fraction of sp³-hybridized carbons (Fsp3) is 0.0909. The van der Waals surface area contributed by atoms with E-state index in [1.54, 1.807) is 12.1 Å². The minimum atomic E-state index is -3.63. The molecule has 0 amide bonds. The first kappa shape index (κ1) is 11.7. The van der Waals surface area contributed by atoms with E-state index in [1.165, 1.54) is 30.5 Å². The van der Waals surface area contributed by atoms with Crippen molar-refractivity contribution in [2.24, 2.45) is 0 Å². The molecule has 0 aliphatic rings. The van der Waals surface area contributed by atoms with E-state index in [1.807, 2.05) is 0 Å². The van der Waals surface area contributed by atoms with Crippen molar-refractivity contribution in [1.29, 1.82) is 0 Å². The fourth-order valence-corrected chi connectivity index (χ4v) is 2.35. The van der Waals surface area contributed by atoms with Gasteiger partial charge in [0.1, 0.15) is 11.5 Å². The molecule has 0 fully saturated rings. The number of benzene rings is 1. The molecule has 1 heterocycles. The van der Waals surface area contributed by atoms with Crippen LogP contribution in [0.3, 0.4) is 0 Å². The highest BCUT2D eigenvalue weighted by atomic mass is 32.2. The molecule has 17 heavy (non-hydrogen) atoms. The molecule has 0 aliphatic carbocycles. The Hall–Kier alpha value is -1.79. The SMILES string of the molecule is O=S(=O)(NCc1ccco1)c1cccc(O)c1. The monoisotopic (exact) mass is 253 g/mol. The number of aromatic hydroxyl groups is 1. The quantitative estimate of drug-likeness (QED) is 0.864. The highest BCUT2D eigenvalue weighted by molar-refractivity contribution is 7.89. The average molecular weight is 253 g/mol. The first-order valence-electron chi connectivity index (χ1n) is 4.89. The third-order valence-corrected chi connectivity index (χ3v) is 3.54. The predicted molar refractivity (Wildman–Crippen MR) is 60.8 cm³/mol. The molecular weight excluding hydrogens is 242 g/mol. The summed E-state index contributed by atoms with van der Waals surface area (Å²) in [6.45, 7) is 0.0744. The van der Waals surface area contributed by atoms with Gasteiger partial charge in [0.15, 0.2) is 0 Å². The van der Waals surface area contributed by atoms with E-state index in [9.17, 15) is 13.5 Å². The number of hydrogen-bond acceptors (Lipinski definition) is 4. The van der Waals surface area contributed by atoms with Gasteiger partial charge in [0.05, 0.1) is 17.7 Å². The van der Waals surface area contributed by atoms with Crippen LogP contribution in [0.2, 0.25) is 0 Å². The van der Waals surface area contributed by atoms with E-state index < -0.39 is 10.0 Å². The van der Waals surface area contributed by atoms with Gasteiger partial charge in [-0.15, -0.1) is 0 Å². The van der Waals surface area contributed by atoms with Crippen LogP contribution in [0.1, 0.15) is 5.76 Å². The first-order chi connectivity index (χ1) is 8.08. The lowest BCUT2D eigenvalue weighted by molar-refractivity contribution is 0.472. The smallest absolute Gasteiger partial charge is 0.241 e. The number of phenols is 1. The van der Waals surface area contributed by atoms with Crippen molar-refractivity contribution < 1.29 is 17.9 Å². The molecule has 90 valence electrons. The molecule has 2 rings (SSSR count). The van der Waals surface area contributed by atoms with Crippen LogP contribution in [0, 0.1) is 0 Å². The largest absolute Gasteiger partial charge is 0.508 e. The Morgan fingerprint density at radius 3 is 2.71 bits per heavy atom. The second kappa shape index (κ2) is 4.60. The summed E-state index contributed by atoms with van der Waals surface area (Å²) in [5.74, 6) is 0.430. The summed E-state index contributed by atoms with van der Waals surface area (Å²) in [5, 5.41) is 9.22. The third-order valence-electron chi connectivity index (χ3n) is 2.14. The molecule has 2 aromatic rings. The van der Waals surface area contributed by atoms with Crippen LogP contribution in [0.5, 0.6) is 5.75 Å². The Labute approximate surface area is 98.8 Å². The van der Waals surface area contributed by atoms with Gasteiger partial charge in [0.25, 0.3) is 0 Å². The van der Waals surface area contributed by atoms with Crippen molar-refractivity contribution in [1.82, 2.24) is 4.72 Å². The van der Waals surface area contributed by atoms with Crippen LogP contribution in [0.15, 0.2) is 52.0 Å². The zero-order valence-corrected chi connectivity index (χ0v) is 9.65. The molecule has 1 aromatic heterocycles. The number of sulfonamides is 1. The number of hydrogen-bond donors (Lipinski definition) is 2. The summed E-state index contributed by atoms with van der Waals surface area (Å²) in [6.07, 6.45) is 1.47. The third kappa shape index (κ3) is 2.86. The molecule has 2 N–H and O–H groups in total. The zero-order valence-electron chi connectivity index (χ0n) is 8.83. The van der Waals surface area contributed by atoms with Crippen LogP contribution in [-0.2, 0) is 16.6 Å². The molecule has 0 saturated carbocycles. The number of nitrogens with one attached hydrogen (secondary N) is 1. The highest BCUT2D eigenvalue weighted by Gasteiger charge is 2.14. The van der Waals surface area contributed by atoms with Crippen molar-refractivity contribution in [3.8, 4) is 5.75 Å². The Balaban J connectivity index is 2.14. The number of rotatable bonds is 4. The lowest BCUT2D eigenvalue weighted by atomic mass is 10.3. The standard InChI is InChI=1S/C11H11NO4S/c13-9-3-1-5-11(7-9)17(14,15)12-8-10-4-2-6-16-10/h1-7,12-13H,8H2. The second-order valence-electron chi connectivity index (χ2n) is 3.40. The zero-order chi connectivity index (χ0) is 12.3. The molecule has 0 aliphatic heterocycles. The van der Waals surface area contributed by atoms with Crippen molar-refractivity contribution in [3.63, 3.8) is 0 Å². The maximum absolute atomic E-state index is 11.8. The highest BCUT2D eigenvalue weighted by Crippen LogP contribution is 2.15. The topological polar surface area (TPSA) is 79.5 Å². The van der Waals surface area contributed by atoms with E-state index in [-0.39, 0.29) is 17.2 Å². The molecule has 6 heteroatoms. The first-order valence-corrected chi connectivity index (χ1v) is 6.37. The number of furan rings is 1. The molecule has 1 aromatic carbocycles. The van der Waals surface area contributed by atoms with Gasteiger partial charge in [-0.3, -0.25) is 0 Å². The van der Waals surface area contributed by atoms with Crippen LogP contribution in [0.4, 0.5) is 0 Å². The van der Waals surface area contributed by atoms with Crippen molar-refractivity contribution >= 4 is 10.0 Å². The van der Waals surface area contributed by atoms with Gasteiger partial charge in [-0.05, 0) is 30.3 Å². The van der Waals surface area contributed by atoms with Gasteiger partial charge in [-0.1, -0.05) is 6.07 Å². The molecular formula is C11H11NO4S. The van der Waals surface area contributed by atoms with E-state index >= 15 is 0 Å². The molecule has 0 unspecified atom stereocenters. The van der Waals surface area contributed by atoms with Crippen LogP contribution in [-0.4, -0.2) is 13.5 Å². The van der Waals surface area contributed by atoms with Gasteiger partial charge in [0.2, 0.25) is 10.0 Å². The predicted octanol–water partition coefficient (Wildman–Crippen LogP) is 1.46. The summed E-state index contributed by atoms with van der Waals surface area (Å²) in [4.78, 5) is 0.0176. The van der Waals surface area contributed by atoms with Gasteiger partial charge in [0, 0.05) is 0 Å². The molecule has 0 spiro atoms. The normalized spacial score (nSPS) is 11.5. The van der Waals surface area contributed by atoms with Gasteiger partial charge >= 0.3 is 0 Å². The van der Waals surface area contributed by atoms with E-state index in [0.29, 0.717) is 5.76 Å². The molecule has 0 bridgehead atoms. The van der Waals surface area contributed by atoms with Crippen molar-refractivity contribution in [3.05, 3.63) is 48.4 Å². The Morgan fingerprint density at radius 1 is 1.24 bits per heavy atom. The summed E-state index contributed by atoms with van der Waals surface area (Å²) < 4.78 is 31.0. The van der Waals surface area contributed by atoms with E-state index in [4.69, 9.17) is 4.42 Å². The lowest BCUT2D eigenvalue weighted by Gasteiger charge is -2.05. The maximum atomic E-state index is 11.8. The minimum Gasteiger partial charge on any atom is -0.508 e. The van der Waals surface area contributed by atoms with E-state index in [2.05, 4.69) is 4.72 Å². The number of phenolic OH excluding ortho intramolecular Hbond substituents is 1. The summed E-state index contributed by atoms with van der Waals surface area (Å²) >= 11 is 0. The molecule has 5 nitrogen and oxygen atoms in total. The average Bonchev–Trinajstić information content (AvgIpc) is 2.79. The van der Waals surface area contributed by atoms with Crippen LogP contribution in [0.25, 0.3) is 0 Å². The fourth-order valence-electron chi connectivity index (χ4n) is 1.31. The Kier molecular flexibility index (Phi) is 3.16. The summed E-state index contributed by atoms with van der Waals surface area (Å²) in [5.41, 5.74) is 0. The molecule has 0 atom stereocenters. The Bertz CT molecular complexity index is 590. The van der Waals surface area contributed by atoms with Gasteiger partial charge in [-0.2, -0.15) is 0 Å². The van der Waals surface area contributed by atoms with Crippen LogP contribution < -0.4 is 4.72 Å².